The lowest BCUT2D eigenvalue weighted by atomic mass is 9.84. The van der Waals surface area contributed by atoms with Crippen LogP contribution in [0.5, 0.6) is 11.5 Å². The van der Waals surface area contributed by atoms with E-state index in [-0.39, 0.29) is 12.4 Å². The number of nitrogens with one attached hydrogen (secondary N) is 1. The van der Waals surface area contributed by atoms with Gasteiger partial charge in [0.2, 0.25) is 6.79 Å². The maximum Gasteiger partial charge on any atom is 0.262 e. The van der Waals surface area contributed by atoms with E-state index in [1.807, 2.05) is 38.1 Å². The standard InChI is InChI=1S/C30H31N3O3/c1-20-14-25(21(2)33(20)27-11-9-24(10-12-27)23-6-4-3-5-7-23)16-26(17-31)30(34)32-18-22-8-13-28-29(15-22)36-19-35-28/h8-16,23H,3-7,18-19H2,1-2H3,(H,32,34)/b26-16+. The maximum atomic E-state index is 12.8. The molecule has 1 aliphatic carbocycles. The highest BCUT2D eigenvalue weighted by atomic mass is 16.7. The zero-order valence-corrected chi connectivity index (χ0v) is 20.8. The molecule has 0 atom stereocenters. The Morgan fingerprint density at radius 2 is 1.81 bits per heavy atom. The molecule has 0 bridgehead atoms. The molecule has 0 spiro atoms. The van der Waals surface area contributed by atoms with Crippen molar-refractivity contribution in [2.75, 3.05) is 6.79 Å². The van der Waals surface area contributed by atoms with Crippen molar-refractivity contribution in [3.8, 4) is 23.3 Å². The first-order valence-electron chi connectivity index (χ1n) is 12.6. The predicted octanol–water partition coefficient (Wildman–Crippen LogP) is 6.09. The molecule has 2 aliphatic rings. The third-order valence-corrected chi connectivity index (χ3v) is 7.25. The Kier molecular flexibility index (Phi) is 6.81. The average molecular weight is 482 g/mol. The van der Waals surface area contributed by atoms with Crippen LogP contribution in [-0.2, 0) is 11.3 Å². The fourth-order valence-corrected chi connectivity index (χ4v) is 5.30. The SMILES string of the molecule is Cc1cc(/C=C(\C#N)C(=O)NCc2ccc3c(c2)OCO3)c(C)n1-c1ccc(C2CCCCC2)cc1. The van der Waals surface area contributed by atoms with Gasteiger partial charge in [-0.1, -0.05) is 37.5 Å². The number of hydrogen-bond acceptors (Lipinski definition) is 4. The Bertz CT molecular complexity index is 1340. The predicted molar refractivity (Wildman–Crippen MR) is 139 cm³/mol. The summed E-state index contributed by atoms with van der Waals surface area (Å²) in [6.07, 6.45) is 8.23. The third-order valence-electron chi connectivity index (χ3n) is 7.25. The summed E-state index contributed by atoms with van der Waals surface area (Å²) in [5.74, 6) is 1.63. The van der Waals surface area contributed by atoms with E-state index >= 15 is 0 Å². The summed E-state index contributed by atoms with van der Waals surface area (Å²) in [7, 11) is 0. The smallest absolute Gasteiger partial charge is 0.262 e. The van der Waals surface area contributed by atoms with Crippen molar-refractivity contribution in [3.63, 3.8) is 0 Å². The van der Waals surface area contributed by atoms with Gasteiger partial charge in [-0.15, -0.1) is 0 Å². The molecule has 1 saturated carbocycles. The van der Waals surface area contributed by atoms with Gasteiger partial charge in [-0.25, -0.2) is 0 Å². The molecule has 1 N–H and O–H groups in total. The quantitative estimate of drug-likeness (QED) is 0.341. The number of amides is 1. The lowest BCUT2D eigenvalue weighted by molar-refractivity contribution is -0.117. The van der Waals surface area contributed by atoms with E-state index in [1.54, 1.807) is 6.08 Å². The minimum Gasteiger partial charge on any atom is -0.454 e. The van der Waals surface area contributed by atoms with Crippen LogP contribution in [0.1, 0.15) is 66.1 Å². The van der Waals surface area contributed by atoms with Crippen molar-refractivity contribution < 1.29 is 14.3 Å². The van der Waals surface area contributed by atoms with Crippen LogP contribution >= 0.6 is 0 Å². The molecular weight excluding hydrogens is 450 g/mol. The molecule has 0 saturated heterocycles. The summed E-state index contributed by atoms with van der Waals surface area (Å²) in [6, 6.07) is 18.5. The van der Waals surface area contributed by atoms with Gasteiger partial charge in [0.25, 0.3) is 5.91 Å². The first-order chi connectivity index (χ1) is 17.5. The molecule has 5 rings (SSSR count). The van der Waals surface area contributed by atoms with Gasteiger partial charge in [-0.05, 0) is 85.7 Å². The molecular formula is C30H31N3O3. The first kappa shape index (κ1) is 23.7. The van der Waals surface area contributed by atoms with Crippen molar-refractivity contribution in [2.45, 2.75) is 58.4 Å². The van der Waals surface area contributed by atoms with Gasteiger partial charge in [-0.2, -0.15) is 5.26 Å². The molecule has 0 radical (unpaired) electrons. The van der Waals surface area contributed by atoms with Crippen LogP contribution in [0.15, 0.2) is 54.1 Å². The van der Waals surface area contributed by atoms with Gasteiger partial charge in [0.1, 0.15) is 11.6 Å². The number of rotatable bonds is 6. The van der Waals surface area contributed by atoms with Crippen molar-refractivity contribution in [2.24, 2.45) is 0 Å². The number of fused-ring (bicyclic) bond motifs is 1. The summed E-state index contributed by atoms with van der Waals surface area (Å²) < 4.78 is 12.9. The lowest BCUT2D eigenvalue weighted by Gasteiger charge is -2.22. The van der Waals surface area contributed by atoms with E-state index in [1.165, 1.54) is 37.7 Å². The van der Waals surface area contributed by atoms with Gasteiger partial charge in [0.15, 0.2) is 11.5 Å². The molecule has 0 unspecified atom stereocenters. The second-order valence-electron chi connectivity index (χ2n) is 9.63. The average Bonchev–Trinajstić information content (AvgIpc) is 3.49. The van der Waals surface area contributed by atoms with E-state index in [0.717, 1.165) is 28.2 Å². The number of nitriles is 1. The highest BCUT2D eigenvalue weighted by Gasteiger charge is 2.18. The maximum absolute atomic E-state index is 12.8. The molecule has 36 heavy (non-hydrogen) atoms. The third kappa shape index (κ3) is 4.87. The van der Waals surface area contributed by atoms with Crippen LogP contribution in [0.4, 0.5) is 0 Å². The largest absolute Gasteiger partial charge is 0.454 e. The number of aromatic nitrogens is 1. The molecule has 6 nitrogen and oxygen atoms in total. The van der Waals surface area contributed by atoms with Crippen molar-refractivity contribution >= 4 is 12.0 Å². The minimum absolute atomic E-state index is 0.0728. The monoisotopic (exact) mass is 481 g/mol. The van der Waals surface area contributed by atoms with Gasteiger partial charge in [-0.3, -0.25) is 4.79 Å². The summed E-state index contributed by atoms with van der Waals surface area (Å²) >= 11 is 0. The Balaban J connectivity index is 1.31. The molecule has 2 heterocycles. The zero-order valence-electron chi connectivity index (χ0n) is 20.8. The number of aryl methyl sites for hydroxylation is 1. The van der Waals surface area contributed by atoms with Crippen LogP contribution < -0.4 is 14.8 Å². The number of carbonyl (C=O) groups is 1. The second kappa shape index (κ2) is 10.3. The molecule has 1 aliphatic heterocycles. The molecule has 1 aromatic heterocycles. The van der Waals surface area contributed by atoms with E-state index in [0.29, 0.717) is 24.0 Å². The molecule has 184 valence electrons. The molecule has 6 heteroatoms. The summed E-state index contributed by atoms with van der Waals surface area (Å²) in [5.41, 5.74) is 6.38. The first-order valence-corrected chi connectivity index (χ1v) is 12.6. The number of nitrogens with zero attached hydrogens (tertiary/aromatic N) is 2. The number of carbonyl (C=O) groups excluding carboxylic acids is 1. The molecule has 2 aromatic carbocycles. The number of hydrogen-bond donors (Lipinski definition) is 1. The summed E-state index contributed by atoms with van der Waals surface area (Å²) in [4.78, 5) is 12.8. The Hall–Kier alpha value is -3.98. The van der Waals surface area contributed by atoms with Crippen LogP contribution in [-0.4, -0.2) is 17.3 Å². The van der Waals surface area contributed by atoms with Crippen LogP contribution in [0.25, 0.3) is 11.8 Å². The number of ether oxygens (including phenoxy) is 2. The van der Waals surface area contributed by atoms with Crippen molar-refractivity contribution in [1.29, 1.82) is 5.26 Å². The minimum atomic E-state index is -0.406. The Labute approximate surface area is 212 Å². The van der Waals surface area contributed by atoms with E-state index in [4.69, 9.17) is 9.47 Å². The Morgan fingerprint density at radius 3 is 2.56 bits per heavy atom. The van der Waals surface area contributed by atoms with E-state index in [2.05, 4.69) is 40.2 Å². The fraction of sp³-hybridized carbons (Fsp3) is 0.333. The Morgan fingerprint density at radius 1 is 1.06 bits per heavy atom. The molecule has 3 aromatic rings. The van der Waals surface area contributed by atoms with Crippen LogP contribution in [0.2, 0.25) is 0 Å². The second-order valence-corrected chi connectivity index (χ2v) is 9.63. The zero-order chi connectivity index (χ0) is 25.1. The van der Waals surface area contributed by atoms with Crippen LogP contribution in [0.3, 0.4) is 0 Å². The topological polar surface area (TPSA) is 76.3 Å². The van der Waals surface area contributed by atoms with Gasteiger partial charge in [0, 0.05) is 23.6 Å². The van der Waals surface area contributed by atoms with E-state index in [9.17, 15) is 10.1 Å². The van der Waals surface area contributed by atoms with E-state index < -0.39 is 5.91 Å². The van der Waals surface area contributed by atoms with Gasteiger partial charge < -0.3 is 19.4 Å². The molecule has 1 fully saturated rings. The lowest BCUT2D eigenvalue weighted by Crippen LogP contribution is -2.23. The summed E-state index contributed by atoms with van der Waals surface area (Å²) in [6.45, 7) is 4.56. The molecule has 1 amide bonds. The van der Waals surface area contributed by atoms with Crippen molar-refractivity contribution in [3.05, 3.63) is 82.2 Å². The normalized spacial score (nSPS) is 15.5. The highest BCUT2D eigenvalue weighted by Crippen LogP contribution is 2.34. The highest BCUT2D eigenvalue weighted by molar-refractivity contribution is 6.01. The van der Waals surface area contributed by atoms with Crippen molar-refractivity contribution in [1.82, 2.24) is 9.88 Å². The summed E-state index contributed by atoms with van der Waals surface area (Å²) in [5, 5.41) is 12.5. The van der Waals surface area contributed by atoms with Gasteiger partial charge >= 0.3 is 0 Å². The van der Waals surface area contributed by atoms with Gasteiger partial charge in [0.05, 0.1) is 0 Å². The number of benzene rings is 2. The fourth-order valence-electron chi connectivity index (χ4n) is 5.30. The van der Waals surface area contributed by atoms with Crippen LogP contribution in [0, 0.1) is 25.2 Å².